The number of alkyl halides is 2. The Balaban J connectivity index is 1.88. The zero-order valence-corrected chi connectivity index (χ0v) is 11.4. The lowest BCUT2D eigenvalue weighted by molar-refractivity contribution is -0.124. The summed E-state index contributed by atoms with van der Waals surface area (Å²) in [6.45, 7) is 0.585. The highest BCUT2D eigenvalue weighted by atomic mass is 19.3. The SMILES string of the molecule is NCCc1ccc(NC(=O)C2CCC(F)(F)CC2)cc1. The first-order valence-corrected chi connectivity index (χ1v) is 6.98. The summed E-state index contributed by atoms with van der Waals surface area (Å²) in [7, 11) is 0. The predicted molar refractivity (Wildman–Crippen MR) is 74.7 cm³/mol. The first-order valence-electron chi connectivity index (χ1n) is 6.98. The van der Waals surface area contributed by atoms with Crippen molar-refractivity contribution in [3.05, 3.63) is 29.8 Å². The summed E-state index contributed by atoms with van der Waals surface area (Å²) in [6.07, 6.45) is 0.918. The lowest BCUT2D eigenvalue weighted by Crippen LogP contribution is -2.31. The predicted octanol–water partition coefficient (Wildman–Crippen LogP) is 2.95. The van der Waals surface area contributed by atoms with Crippen LogP contribution in [0.2, 0.25) is 0 Å². The average molecular weight is 282 g/mol. The second-order valence-electron chi connectivity index (χ2n) is 5.36. The molecule has 0 aromatic heterocycles. The van der Waals surface area contributed by atoms with Gasteiger partial charge in [-0.3, -0.25) is 4.79 Å². The normalized spacial score (nSPS) is 18.8. The minimum Gasteiger partial charge on any atom is -0.330 e. The second-order valence-corrected chi connectivity index (χ2v) is 5.36. The molecule has 1 aliphatic rings. The number of benzene rings is 1. The Kier molecular flexibility index (Phi) is 4.70. The number of nitrogens with one attached hydrogen (secondary N) is 1. The number of rotatable bonds is 4. The van der Waals surface area contributed by atoms with E-state index in [1.54, 1.807) is 0 Å². The second kappa shape index (κ2) is 6.31. The van der Waals surface area contributed by atoms with Gasteiger partial charge < -0.3 is 11.1 Å². The van der Waals surface area contributed by atoms with Crippen molar-refractivity contribution >= 4 is 11.6 Å². The molecule has 2 rings (SSSR count). The third-order valence-corrected chi connectivity index (χ3v) is 3.74. The van der Waals surface area contributed by atoms with Crippen LogP contribution in [0.5, 0.6) is 0 Å². The van der Waals surface area contributed by atoms with Crippen molar-refractivity contribution < 1.29 is 13.6 Å². The van der Waals surface area contributed by atoms with Crippen LogP contribution in [0.15, 0.2) is 24.3 Å². The molecule has 1 aromatic carbocycles. The molecule has 0 atom stereocenters. The van der Waals surface area contributed by atoms with E-state index in [4.69, 9.17) is 5.73 Å². The summed E-state index contributed by atoms with van der Waals surface area (Å²) in [5, 5.41) is 2.79. The molecule has 1 aliphatic carbocycles. The average Bonchev–Trinajstić information content (AvgIpc) is 2.41. The van der Waals surface area contributed by atoms with Gasteiger partial charge in [0, 0.05) is 24.4 Å². The van der Waals surface area contributed by atoms with Crippen molar-refractivity contribution in [3.63, 3.8) is 0 Å². The molecule has 0 aliphatic heterocycles. The summed E-state index contributed by atoms with van der Waals surface area (Å²) in [5.41, 5.74) is 7.28. The molecule has 0 spiro atoms. The molecule has 1 fully saturated rings. The minimum atomic E-state index is -2.60. The first kappa shape index (κ1) is 14.9. The maximum absolute atomic E-state index is 13.0. The molecule has 0 bridgehead atoms. The topological polar surface area (TPSA) is 55.1 Å². The summed E-state index contributed by atoms with van der Waals surface area (Å²) in [6, 6.07) is 7.47. The van der Waals surface area contributed by atoms with E-state index in [1.165, 1.54) is 0 Å². The lowest BCUT2D eigenvalue weighted by atomic mass is 9.86. The van der Waals surface area contributed by atoms with Crippen molar-refractivity contribution in [2.75, 3.05) is 11.9 Å². The Morgan fingerprint density at radius 1 is 1.25 bits per heavy atom. The number of halogens is 2. The fourth-order valence-electron chi connectivity index (χ4n) is 2.47. The van der Waals surface area contributed by atoms with E-state index < -0.39 is 5.92 Å². The molecule has 5 heteroatoms. The van der Waals surface area contributed by atoms with E-state index in [0.717, 1.165) is 12.0 Å². The Bertz CT molecular complexity index is 449. The quantitative estimate of drug-likeness (QED) is 0.892. The fraction of sp³-hybridized carbons (Fsp3) is 0.533. The molecule has 0 heterocycles. The summed E-state index contributed by atoms with van der Waals surface area (Å²) >= 11 is 0. The van der Waals surface area contributed by atoms with Crippen molar-refractivity contribution in [1.82, 2.24) is 0 Å². The van der Waals surface area contributed by atoms with Crippen LogP contribution >= 0.6 is 0 Å². The van der Waals surface area contributed by atoms with Crippen LogP contribution in [0, 0.1) is 5.92 Å². The largest absolute Gasteiger partial charge is 0.330 e. The molecule has 110 valence electrons. The molecule has 1 saturated carbocycles. The van der Waals surface area contributed by atoms with Crippen LogP contribution in [0.25, 0.3) is 0 Å². The number of anilines is 1. The zero-order valence-electron chi connectivity index (χ0n) is 11.4. The van der Waals surface area contributed by atoms with Gasteiger partial charge in [-0.15, -0.1) is 0 Å². The van der Waals surface area contributed by atoms with Crippen LogP contribution in [-0.4, -0.2) is 18.4 Å². The summed E-state index contributed by atoms with van der Waals surface area (Å²) in [4.78, 5) is 12.0. The number of carbonyl (C=O) groups excluding carboxylic acids is 1. The molecular formula is C15H20F2N2O. The van der Waals surface area contributed by atoms with Gasteiger partial charge in [-0.05, 0) is 43.5 Å². The van der Waals surface area contributed by atoms with E-state index in [9.17, 15) is 13.6 Å². The van der Waals surface area contributed by atoms with E-state index in [2.05, 4.69) is 5.32 Å². The summed E-state index contributed by atoms with van der Waals surface area (Å²) < 4.78 is 26.1. The number of carbonyl (C=O) groups is 1. The molecule has 0 unspecified atom stereocenters. The van der Waals surface area contributed by atoms with Gasteiger partial charge in [0.05, 0.1) is 0 Å². The molecule has 0 radical (unpaired) electrons. The van der Waals surface area contributed by atoms with Crippen molar-refractivity contribution in [2.45, 2.75) is 38.0 Å². The van der Waals surface area contributed by atoms with Crippen LogP contribution < -0.4 is 11.1 Å². The highest BCUT2D eigenvalue weighted by Crippen LogP contribution is 2.36. The maximum Gasteiger partial charge on any atom is 0.248 e. The van der Waals surface area contributed by atoms with E-state index in [-0.39, 0.29) is 37.5 Å². The van der Waals surface area contributed by atoms with Crippen LogP contribution in [0.3, 0.4) is 0 Å². The smallest absolute Gasteiger partial charge is 0.248 e. The highest BCUT2D eigenvalue weighted by molar-refractivity contribution is 5.92. The Morgan fingerprint density at radius 3 is 2.40 bits per heavy atom. The first-order chi connectivity index (χ1) is 9.50. The van der Waals surface area contributed by atoms with Gasteiger partial charge in [-0.25, -0.2) is 8.78 Å². The third-order valence-electron chi connectivity index (χ3n) is 3.74. The van der Waals surface area contributed by atoms with Gasteiger partial charge in [0.2, 0.25) is 11.8 Å². The van der Waals surface area contributed by atoms with Crippen LogP contribution in [0.1, 0.15) is 31.2 Å². The maximum atomic E-state index is 13.0. The number of amides is 1. The molecule has 0 saturated heterocycles. The Morgan fingerprint density at radius 2 is 1.85 bits per heavy atom. The van der Waals surface area contributed by atoms with Gasteiger partial charge >= 0.3 is 0 Å². The van der Waals surface area contributed by atoms with Gasteiger partial charge in [-0.1, -0.05) is 12.1 Å². The number of hydrogen-bond acceptors (Lipinski definition) is 2. The van der Waals surface area contributed by atoms with Crippen LogP contribution in [-0.2, 0) is 11.2 Å². The van der Waals surface area contributed by atoms with Gasteiger partial charge in [0.1, 0.15) is 0 Å². The van der Waals surface area contributed by atoms with Crippen molar-refractivity contribution in [2.24, 2.45) is 11.7 Å². The Hall–Kier alpha value is -1.49. The van der Waals surface area contributed by atoms with Crippen molar-refractivity contribution in [3.8, 4) is 0 Å². The number of nitrogens with two attached hydrogens (primary N) is 1. The van der Waals surface area contributed by atoms with Crippen LogP contribution in [0.4, 0.5) is 14.5 Å². The van der Waals surface area contributed by atoms with Crippen molar-refractivity contribution in [1.29, 1.82) is 0 Å². The molecule has 1 aromatic rings. The minimum absolute atomic E-state index is 0.160. The van der Waals surface area contributed by atoms with E-state index in [0.29, 0.717) is 12.2 Å². The van der Waals surface area contributed by atoms with E-state index in [1.807, 2.05) is 24.3 Å². The number of hydrogen-bond donors (Lipinski definition) is 2. The molecule has 3 nitrogen and oxygen atoms in total. The highest BCUT2D eigenvalue weighted by Gasteiger charge is 2.37. The standard InChI is InChI=1S/C15H20F2N2O/c16-15(17)8-5-12(6-9-15)14(20)19-13-3-1-11(2-4-13)7-10-18/h1-4,12H,5-10,18H2,(H,19,20). The van der Waals surface area contributed by atoms with Gasteiger partial charge in [0.15, 0.2) is 0 Å². The molecule has 3 N–H and O–H groups in total. The summed E-state index contributed by atoms with van der Waals surface area (Å²) in [5.74, 6) is -3.06. The fourth-order valence-corrected chi connectivity index (χ4v) is 2.47. The van der Waals surface area contributed by atoms with E-state index >= 15 is 0 Å². The molecule has 20 heavy (non-hydrogen) atoms. The lowest BCUT2D eigenvalue weighted by Gasteiger charge is -2.27. The monoisotopic (exact) mass is 282 g/mol. The zero-order chi connectivity index (χ0) is 14.6. The Labute approximate surface area is 117 Å². The molecular weight excluding hydrogens is 262 g/mol. The molecule has 1 amide bonds. The van der Waals surface area contributed by atoms with Gasteiger partial charge in [0.25, 0.3) is 0 Å². The van der Waals surface area contributed by atoms with Gasteiger partial charge in [-0.2, -0.15) is 0 Å². The third kappa shape index (κ3) is 4.00.